The molecule has 1 aromatic rings. The van der Waals surface area contributed by atoms with Crippen LogP contribution in [0.1, 0.15) is 23.7 Å². The minimum Gasteiger partial charge on any atom is -0.493 e. The smallest absolute Gasteiger partial charge is 0.166 e. The number of carbonyl (C=O) groups is 1. The van der Waals surface area contributed by atoms with Crippen molar-refractivity contribution < 1.29 is 13.9 Å². The van der Waals surface area contributed by atoms with Gasteiger partial charge in [0.1, 0.15) is 11.6 Å². The van der Waals surface area contributed by atoms with Gasteiger partial charge >= 0.3 is 0 Å². The summed E-state index contributed by atoms with van der Waals surface area (Å²) in [6.07, 6.45) is 0.834. The number of ketones is 1. The van der Waals surface area contributed by atoms with Crippen molar-refractivity contribution in [2.45, 2.75) is 13.3 Å². The lowest BCUT2D eigenvalue weighted by molar-refractivity contribution is 0.100. The van der Waals surface area contributed by atoms with Gasteiger partial charge in [-0.3, -0.25) is 4.79 Å². The van der Waals surface area contributed by atoms with Crippen LogP contribution in [0, 0.1) is 5.82 Å². The maximum atomic E-state index is 13.4. The van der Waals surface area contributed by atoms with Gasteiger partial charge in [0.25, 0.3) is 0 Å². The van der Waals surface area contributed by atoms with E-state index in [0.717, 1.165) is 13.0 Å². The molecule has 94 valence electrons. The average molecular weight is 239 g/mol. The zero-order valence-corrected chi connectivity index (χ0v) is 10.5. The van der Waals surface area contributed by atoms with Crippen LogP contribution in [0.15, 0.2) is 18.2 Å². The van der Waals surface area contributed by atoms with Crippen molar-refractivity contribution >= 4 is 5.78 Å². The molecule has 0 radical (unpaired) electrons. The summed E-state index contributed by atoms with van der Waals surface area (Å²) in [7, 11) is 3.95. The Bertz CT molecular complexity index is 391. The van der Waals surface area contributed by atoms with Crippen molar-refractivity contribution in [3.8, 4) is 5.75 Å². The molecule has 0 heterocycles. The second-order valence-corrected chi connectivity index (χ2v) is 4.17. The van der Waals surface area contributed by atoms with Crippen LogP contribution in [0.2, 0.25) is 0 Å². The number of rotatable bonds is 6. The van der Waals surface area contributed by atoms with E-state index in [2.05, 4.69) is 0 Å². The highest BCUT2D eigenvalue weighted by atomic mass is 19.1. The summed E-state index contributed by atoms with van der Waals surface area (Å²) in [5.74, 6) is -0.510. The predicted molar refractivity (Wildman–Crippen MR) is 65.1 cm³/mol. The van der Waals surface area contributed by atoms with Crippen LogP contribution >= 0.6 is 0 Å². The molecule has 1 rings (SSSR count). The molecule has 3 nitrogen and oxygen atoms in total. The minimum atomic E-state index is -0.525. The van der Waals surface area contributed by atoms with E-state index in [1.807, 2.05) is 19.0 Å². The summed E-state index contributed by atoms with van der Waals surface area (Å²) in [5, 5.41) is 0. The molecule has 0 spiro atoms. The summed E-state index contributed by atoms with van der Waals surface area (Å²) in [6.45, 7) is 2.71. The molecule has 0 aliphatic carbocycles. The Morgan fingerprint density at radius 1 is 1.41 bits per heavy atom. The van der Waals surface area contributed by atoms with Crippen LogP contribution < -0.4 is 4.74 Å². The summed E-state index contributed by atoms with van der Waals surface area (Å²) in [4.78, 5) is 13.3. The fourth-order valence-electron chi connectivity index (χ4n) is 1.53. The Balaban J connectivity index is 2.64. The SMILES string of the molecule is CC(=O)c1c(F)cccc1OCCCN(C)C. The normalized spacial score (nSPS) is 10.6. The highest BCUT2D eigenvalue weighted by Crippen LogP contribution is 2.22. The summed E-state index contributed by atoms with van der Waals surface area (Å²) >= 11 is 0. The van der Waals surface area contributed by atoms with Gasteiger partial charge in [0.2, 0.25) is 0 Å². The van der Waals surface area contributed by atoms with Crippen LogP contribution in [-0.4, -0.2) is 37.9 Å². The van der Waals surface area contributed by atoms with Crippen molar-refractivity contribution in [1.29, 1.82) is 0 Å². The van der Waals surface area contributed by atoms with Gasteiger partial charge in [0, 0.05) is 6.54 Å². The minimum absolute atomic E-state index is 0.0392. The number of nitrogens with zero attached hydrogens (tertiary/aromatic N) is 1. The van der Waals surface area contributed by atoms with Gasteiger partial charge in [0.15, 0.2) is 5.78 Å². The van der Waals surface area contributed by atoms with E-state index in [1.54, 1.807) is 12.1 Å². The zero-order chi connectivity index (χ0) is 12.8. The average Bonchev–Trinajstić information content (AvgIpc) is 2.23. The first-order valence-electron chi connectivity index (χ1n) is 5.59. The number of Topliss-reactive ketones (excluding diaryl/α,β-unsaturated/α-hetero) is 1. The van der Waals surface area contributed by atoms with E-state index in [9.17, 15) is 9.18 Å². The maximum Gasteiger partial charge on any atom is 0.166 e. The molecule has 0 saturated heterocycles. The molecular weight excluding hydrogens is 221 g/mol. The molecule has 0 unspecified atom stereocenters. The van der Waals surface area contributed by atoms with E-state index < -0.39 is 5.82 Å². The van der Waals surface area contributed by atoms with Gasteiger partial charge in [0.05, 0.1) is 12.2 Å². The lowest BCUT2D eigenvalue weighted by Gasteiger charge is -2.12. The van der Waals surface area contributed by atoms with Crippen LogP contribution in [0.3, 0.4) is 0 Å². The quantitative estimate of drug-likeness (QED) is 0.564. The van der Waals surface area contributed by atoms with E-state index >= 15 is 0 Å². The molecule has 0 bridgehead atoms. The molecule has 4 heteroatoms. The van der Waals surface area contributed by atoms with E-state index in [-0.39, 0.29) is 11.3 Å². The number of carbonyl (C=O) groups excluding carboxylic acids is 1. The van der Waals surface area contributed by atoms with E-state index in [0.29, 0.717) is 12.4 Å². The third-order valence-electron chi connectivity index (χ3n) is 2.33. The number of benzene rings is 1. The second-order valence-electron chi connectivity index (χ2n) is 4.17. The van der Waals surface area contributed by atoms with Gasteiger partial charge in [-0.1, -0.05) is 6.07 Å². The van der Waals surface area contributed by atoms with Crippen LogP contribution in [-0.2, 0) is 0 Å². The van der Waals surface area contributed by atoms with Gasteiger partial charge in [-0.25, -0.2) is 4.39 Å². The molecule has 0 N–H and O–H groups in total. The molecule has 1 aromatic carbocycles. The topological polar surface area (TPSA) is 29.5 Å². The van der Waals surface area contributed by atoms with Gasteiger partial charge < -0.3 is 9.64 Å². The Morgan fingerprint density at radius 2 is 2.12 bits per heavy atom. The third-order valence-corrected chi connectivity index (χ3v) is 2.33. The summed E-state index contributed by atoms with van der Waals surface area (Å²) < 4.78 is 18.9. The Morgan fingerprint density at radius 3 is 2.71 bits per heavy atom. The van der Waals surface area contributed by atoms with Crippen LogP contribution in [0.5, 0.6) is 5.75 Å². The highest BCUT2D eigenvalue weighted by molar-refractivity contribution is 5.97. The monoisotopic (exact) mass is 239 g/mol. The lowest BCUT2D eigenvalue weighted by atomic mass is 10.1. The highest BCUT2D eigenvalue weighted by Gasteiger charge is 2.13. The standard InChI is InChI=1S/C13H18FNO2/c1-10(16)13-11(14)6-4-7-12(13)17-9-5-8-15(2)3/h4,6-7H,5,8-9H2,1-3H3. The number of hydrogen-bond acceptors (Lipinski definition) is 3. The first-order valence-corrected chi connectivity index (χ1v) is 5.59. The number of hydrogen-bond donors (Lipinski definition) is 0. The van der Waals surface area contributed by atoms with Gasteiger partial charge in [-0.2, -0.15) is 0 Å². The molecule has 0 amide bonds. The Labute approximate surface area is 101 Å². The number of ether oxygens (including phenoxy) is 1. The first-order chi connectivity index (χ1) is 8.02. The van der Waals surface area contributed by atoms with E-state index in [1.165, 1.54) is 13.0 Å². The van der Waals surface area contributed by atoms with Crippen molar-refractivity contribution in [1.82, 2.24) is 4.90 Å². The van der Waals surface area contributed by atoms with Crippen molar-refractivity contribution in [3.05, 3.63) is 29.6 Å². The van der Waals surface area contributed by atoms with Crippen LogP contribution in [0.4, 0.5) is 4.39 Å². The molecule has 0 saturated carbocycles. The van der Waals surface area contributed by atoms with Gasteiger partial charge in [-0.05, 0) is 39.6 Å². The molecule has 0 aliphatic rings. The summed E-state index contributed by atoms with van der Waals surface area (Å²) in [6, 6.07) is 4.43. The van der Waals surface area contributed by atoms with Crippen molar-refractivity contribution in [3.63, 3.8) is 0 Å². The molecule has 0 aromatic heterocycles. The fraction of sp³-hybridized carbons (Fsp3) is 0.462. The zero-order valence-electron chi connectivity index (χ0n) is 10.5. The van der Waals surface area contributed by atoms with Gasteiger partial charge in [-0.15, -0.1) is 0 Å². The Hall–Kier alpha value is -1.42. The fourth-order valence-corrected chi connectivity index (χ4v) is 1.53. The second kappa shape index (κ2) is 6.35. The third kappa shape index (κ3) is 4.15. The summed E-state index contributed by atoms with van der Waals surface area (Å²) in [5.41, 5.74) is 0.0392. The molecule has 0 aliphatic heterocycles. The predicted octanol–water partition coefficient (Wildman–Crippen LogP) is 2.36. The largest absolute Gasteiger partial charge is 0.493 e. The van der Waals surface area contributed by atoms with E-state index in [4.69, 9.17) is 4.74 Å². The number of halogens is 1. The Kier molecular flexibility index (Phi) is 5.10. The maximum absolute atomic E-state index is 13.4. The first kappa shape index (κ1) is 13.6. The van der Waals surface area contributed by atoms with Crippen molar-refractivity contribution in [2.75, 3.05) is 27.2 Å². The molecular formula is C13H18FNO2. The molecule has 17 heavy (non-hydrogen) atoms. The molecule has 0 atom stereocenters. The lowest BCUT2D eigenvalue weighted by Crippen LogP contribution is -2.16. The van der Waals surface area contributed by atoms with Crippen LogP contribution in [0.25, 0.3) is 0 Å². The molecule has 0 fully saturated rings. The van der Waals surface area contributed by atoms with Crippen molar-refractivity contribution in [2.24, 2.45) is 0 Å².